The third kappa shape index (κ3) is 1.53. The molecule has 0 amide bonds. The third-order valence-corrected chi connectivity index (χ3v) is 1.14. The van der Waals surface area contributed by atoms with E-state index in [9.17, 15) is 4.39 Å². The molecule has 0 aromatic heterocycles. The van der Waals surface area contributed by atoms with E-state index < -0.39 is 5.82 Å². The Kier molecular flexibility index (Phi) is 1.85. The summed E-state index contributed by atoms with van der Waals surface area (Å²) in [4.78, 5) is 3.00. The first kappa shape index (κ1) is 7.24. The quantitative estimate of drug-likeness (QED) is 0.516. The van der Waals surface area contributed by atoms with Gasteiger partial charge in [-0.3, -0.25) is 0 Å². The molecular weight excluding hydrogens is 143 g/mol. The number of halogens is 1. The molecular formula is C8H3FN2. The van der Waals surface area contributed by atoms with Crippen LogP contribution in [-0.2, 0) is 0 Å². The lowest BCUT2D eigenvalue weighted by atomic mass is 10.2. The van der Waals surface area contributed by atoms with Crippen molar-refractivity contribution >= 4 is 5.69 Å². The molecule has 0 aliphatic heterocycles. The average molecular weight is 146 g/mol. The number of nitrogens with zero attached hydrogens (tertiary/aromatic N) is 2. The summed E-state index contributed by atoms with van der Waals surface area (Å²) in [6, 6.07) is 5.29. The largest absolute Gasteiger partial charge is 0.238 e. The Balaban J connectivity index is 3.28. The van der Waals surface area contributed by atoms with Crippen LogP contribution in [0.1, 0.15) is 5.56 Å². The van der Waals surface area contributed by atoms with Crippen molar-refractivity contribution in [3.63, 3.8) is 0 Å². The van der Waals surface area contributed by atoms with Crippen molar-refractivity contribution in [1.82, 2.24) is 0 Å². The molecule has 0 spiro atoms. The predicted molar refractivity (Wildman–Crippen MR) is 37.4 cm³/mol. The molecule has 2 nitrogen and oxygen atoms in total. The molecule has 0 aliphatic rings. The molecule has 0 radical (unpaired) electrons. The van der Waals surface area contributed by atoms with E-state index in [0.29, 0.717) is 0 Å². The molecule has 0 fully saturated rings. The molecule has 0 N–H and O–H groups in total. The summed E-state index contributed by atoms with van der Waals surface area (Å²) in [5, 5.41) is 8.36. The number of nitriles is 1. The van der Waals surface area contributed by atoms with Gasteiger partial charge in [-0.15, -0.1) is 0 Å². The zero-order valence-corrected chi connectivity index (χ0v) is 5.50. The molecule has 11 heavy (non-hydrogen) atoms. The molecule has 1 aromatic rings. The molecule has 0 bridgehead atoms. The van der Waals surface area contributed by atoms with E-state index in [0.717, 1.165) is 12.1 Å². The molecule has 0 heterocycles. The highest BCUT2D eigenvalue weighted by Crippen LogP contribution is 2.15. The summed E-state index contributed by atoms with van der Waals surface area (Å²) >= 11 is 0. The monoisotopic (exact) mass is 146 g/mol. The van der Waals surface area contributed by atoms with Crippen LogP contribution in [0.15, 0.2) is 18.2 Å². The topological polar surface area (TPSA) is 28.1 Å². The maximum atomic E-state index is 12.5. The van der Waals surface area contributed by atoms with Gasteiger partial charge in [0.15, 0.2) is 5.69 Å². The third-order valence-electron chi connectivity index (χ3n) is 1.14. The lowest BCUT2D eigenvalue weighted by molar-refractivity contribution is 0.628. The molecule has 0 saturated heterocycles. The maximum absolute atomic E-state index is 12.5. The molecule has 3 heteroatoms. The van der Waals surface area contributed by atoms with Gasteiger partial charge in [-0.2, -0.15) is 5.26 Å². The summed E-state index contributed by atoms with van der Waals surface area (Å²) in [6.45, 7) is 6.56. The van der Waals surface area contributed by atoms with Crippen LogP contribution in [0.5, 0.6) is 0 Å². The summed E-state index contributed by atoms with van der Waals surface area (Å²) in [5.41, 5.74) is 0.331. The van der Waals surface area contributed by atoms with Gasteiger partial charge < -0.3 is 0 Å². The molecule has 52 valence electrons. The molecule has 0 atom stereocenters. The Morgan fingerprint density at radius 1 is 1.45 bits per heavy atom. The SMILES string of the molecule is [C-]#[N+]c1cc(F)cc(C#N)c1. The van der Waals surface area contributed by atoms with Crippen molar-refractivity contribution in [3.8, 4) is 6.07 Å². The van der Waals surface area contributed by atoms with Crippen molar-refractivity contribution in [2.45, 2.75) is 0 Å². The normalized spacial score (nSPS) is 8.27. The first-order valence-corrected chi connectivity index (χ1v) is 2.84. The fourth-order valence-electron chi connectivity index (χ4n) is 0.703. The summed E-state index contributed by atoms with van der Waals surface area (Å²) < 4.78 is 12.5. The maximum Gasteiger partial charge on any atom is 0.191 e. The van der Waals surface area contributed by atoms with E-state index in [1.807, 2.05) is 0 Å². The molecule has 0 unspecified atom stereocenters. The number of hydrogen-bond donors (Lipinski definition) is 0. The zero-order chi connectivity index (χ0) is 8.27. The van der Waals surface area contributed by atoms with Crippen molar-refractivity contribution < 1.29 is 4.39 Å². The Labute approximate surface area is 63.3 Å². The second kappa shape index (κ2) is 2.81. The van der Waals surface area contributed by atoms with Gasteiger partial charge in [0.2, 0.25) is 0 Å². The lowest BCUT2D eigenvalue weighted by Gasteiger charge is -1.90. The Morgan fingerprint density at radius 2 is 2.18 bits per heavy atom. The number of rotatable bonds is 0. The summed E-state index contributed by atoms with van der Waals surface area (Å²) in [6.07, 6.45) is 0. The van der Waals surface area contributed by atoms with Crippen LogP contribution < -0.4 is 0 Å². The molecule has 0 saturated carbocycles. The summed E-state index contributed by atoms with van der Waals surface area (Å²) in [7, 11) is 0. The second-order valence-corrected chi connectivity index (χ2v) is 1.92. The molecule has 1 aromatic carbocycles. The van der Waals surface area contributed by atoms with Crippen LogP contribution in [0.25, 0.3) is 4.85 Å². The number of benzene rings is 1. The van der Waals surface area contributed by atoms with E-state index in [1.54, 1.807) is 6.07 Å². The van der Waals surface area contributed by atoms with Gasteiger partial charge in [-0.25, -0.2) is 9.24 Å². The highest BCUT2D eigenvalue weighted by molar-refractivity contribution is 5.50. The smallest absolute Gasteiger partial charge is 0.191 e. The minimum atomic E-state index is -0.546. The Hall–Kier alpha value is -1.87. The standard InChI is InChI=1S/C8H3FN2/c1-11-8-3-6(5-10)2-7(9)4-8/h2-4H. The predicted octanol–water partition coefficient (Wildman–Crippen LogP) is 2.25. The van der Waals surface area contributed by atoms with E-state index >= 15 is 0 Å². The van der Waals surface area contributed by atoms with Gasteiger partial charge in [0.1, 0.15) is 5.82 Å². The van der Waals surface area contributed by atoms with Gasteiger partial charge in [-0.1, -0.05) is 0 Å². The van der Waals surface area contributed by atoms with Crippen molar-refractivity contribution in [3.05, 3.63) is 41.0 Å². The molecule has 1 rings (SSSR count). The minimum Gasteiger partial charge on any atom is -0.238 e. The highest BCUT2D eigenvalue weighted by atomic mass is 19.1. The average Bonchev–Trinajstić information content (AvgIpc) is 2.03. The lowest BCUT2D eigenvalue weighted by Crippen LogP contribution is -1.76. The van der Waals surface area contributed by atoms with Gasteiger partial charge in [0.25, 0.3) is 0 Å². The van der Waals surface area contributed by atoms with E-state index in [1.165, 1.54) is 6.07 Å². The fraction of sp³-hybridized carbons (Fsp3) is 0. The minimum absolute atomic E-state index is 0.154. The van der Waals surface area contributed by atoms with Crippen LogP contribution in [0.3, 0.4) is 0 Å². The molecule has 0 aliphatic carbocycles. The van der Waals surface area contributed by atoms with Gasteiger partial charge in [0, 0.05) is 5.56 Å². The van der Waals surface area contributed by atoms with Crippen molar-refractivity contribution in [2.24, 2.45) is 0 Å². The first-order valence-electron chi connectivity index (χ1n) is 2.84. The van der Waals surface area contributed by atoms with Crippen LogP contribution >= 0.6 is 0 Å². The van der Waals surface area contributed by atoms with Gasteiger partial charge in [0.05, 0.1) is 12.6 Å². The first-order chi connectivity index (χ1) is 5.26. The Morgan fingerprint density at radius 3 is 2.73 bits per heavy atom. The van der Waals surface area contributed by atoms with E-state index in [-0.39, 0.29) is 11.3 Å². The van der Waals surface area contributed by atoms with E-state index in [2.05, 4.69) is 4.85 Å². The van der Waals surface area contributed by atoms with Crippen LogP contribution in [-0.4, -0.2) is 0 Å². The van der Waals surface area contributed by atoms with Crippen LogP contribution in [0.4, 0.5) is 10.1 Å². The van der Waals surface area contributed by atoms with Gasteiger partial charge >= 0.3 is 0 Å². The zero-order valence-electron chi connectivity index (χ0n) is 5.50. The van der Waals surface area contributed by atoms with E-state index in [4.69, 9.17) is 11.8 Å². The van der Waals surface area contributed by atoms with Crippen LogP contribution in [0.2, 0.25) is 0 Å². The van der Waals surface area contributed by atoms with Crippen molar-refractivity contribution in [1.29, 1.82) is 5.26 Å². The Bertz CT molecular complexity index is 325. The van der Waals surface area contributed by atoms with Crippen molar-refractivity contribution in [2.75, 3.05) is 0 Å². The highest BCUT2D eigenvalue weighted by Gasteiger charge is 1.97. The second-order valence-electron chi connectivity index (χ2n) is 1.92. The summed E-state index contributed by atoms with van der Waals surface area (Å²) in [5.74, 6) is -0.546. The van der Waals surface area contributed by atoms with Gasteiger partial charge in [-0.05, 0) is 18.2 Å². The number of hydrogen-bond acceptors (Lipinski definition) is 1. The fourth-order valence-corrected chi connectivity index (χ4v) is 0.703. The van der Waals surface area contributed by atoms with Crippen LogP contribution in [0, 0.1) is 23.7 Å².